The van der Waals surface area contributed by atoms with Gasteiger partial charge in [0.25, 0.3) is 0 Å². The van der Waals surface area contributed by atoms with Crippen molar-refractivity contribution >= 4 is 5.91 Å². The minimum Gasteiger partial charge on any atom is -0.374 e. The van der Waals surface area contributed by atoms with E-state index in [-0.39, 0.29) is 11.3 Å². The number of ether oxygens (including phenoxy) is 1. The van der Waals surface area contributed by atoms with Gasteiger partial charge in [0.2, 0.25) is 5.91 Å². The van der Waals surface area contributed by atoms with Crippen molar-refractivity contribution in [3.8, 4) is 0 Å². The highest BCUT2D eigenvalue weighted by molar-refractivity contribution is 5.82. The molecule has 5 aliphatic carbocycles. The largest absolute Gasteiger partial charge is 0.374 e. The van der Waals surface area contributed by atoms with Crippen LogP contribution >= 0.6 is 0 Å². The molecule has 0 bridgehead atoms. The normalized spacial score (nSPS) is 36.7. The Morgan fingerprint density at radius 1 is 0.800 bits per heavy atom. The van der Waals surface area contributed by atoms with Crippen molar-refractivity contribution in [2.75, 3.05) is 54.1 Å². The second kappa shape index (κ2) is 21.7. The molecule has 0 spiro atoms. The lowest BCUT2D eigenvalue weighted by Gasteiger charge is -2.41. The van der Waals surface area contributed by atoms with Crippen LogP contribution in [0.1, 0.15) is 175 Å². The average Bonchev–Trinajstić information content (AvgIpc) is 3.97. The summed E-state index contributed by atoms with van der Waals surface area (Å²) in [6, 6.07) is 2.19. The zero-order valence-corrected chi connectivity index (χ0v) is 42.5. The van der Waals surface area contributed by atoms with Crippen LogP contribution in [0.2, 0.25) is 0 Å². The molecule has 364 valence electrons. The summed E-state index contributed by atoms with van der Waals surface area (Å²) in [5, 5.41) is 6.68. The molecule has 0 aromatic carbocycles. The highest BCUT2D eigenvalue weighted by Gasteiger charge is 2.52. The fourth-order valence-electron chi connectivity index (χ4n) is 17.1. The van der Waals surface area contributed by atoms with Crippen molar-refractivity contribution in [1.29, 1.82) is 0 Å². The first-order chi connectivity index (χ1) is 31.7. The molecule has 0 radical (unpaired) electrons. The number of carbonyl (C=O) groups excluding carboxylic acids is 1. The van der Waals surface area contributed by atoms with Crippen molar-refractivity contribution in [2.24, 2.45) is 64.6 Å². The highest BCUT2D eigenvalue weighted by Crippen LogP contribution is 2.55. The van der Waals surface area contributed by atoms with E-state index in [9.17, 15) is 4.79 Å². The number of nitrogens with one attached hydrogen (secondary N) is 2. The minimum absolute atomic E-state index is 0.159. The number of allylic oxidation sites excluding steroid dienone is 6. The molecule has 4 heterocycles. The molecule has 9 aliphatic rings. The molecule has 7 nitrogen and oxygen atoms in total. The van der Waals surface area contributed by atoms with Crippen LogP contribution in [-0.2, 0) is 9.53 Å². The Morgan fingerprint density at radius 3 is 2.20 bits per heavy atom. The number of likely N-dealkylation sites (N-methyl/N-ethyl adjacent to an activating group) is 1. The van der Waals surface area contributed by atoms with E-state index in [2.05, 4.69) is 84.5 Å². The number of hydrogen-bond acceptors (Lipinski definition) is 6. The average molecular weight is 894 g/mol. The van der Waals surface area contributed by atoms with Crippen molar-refractivity contribution < 1.29 is 9.53 Å². The third kappa shape index (κ3) is 10.0. The van der Waals surface area contributed by atoms with Crippen molar-refractivity contribution in [2.45, 2.75) is 193 Å². The smallest absolute Gasteiger partial charge is 0.227 e. The summed E-state index contributed by atoms with van der Waals surface area (Å²) in [6.45, 7) is 11.9. The van der Waals surface area contributed by atoms with Crippen molar-refractivity contribution in [1.82, 2.24) is 25.3 Å². The van der Waals surface area contributed by atoms with Gasteiger partial charge in [-0.1, -0.05) is 96.8 Å². The van der Waals surface area contributed by atoms with Crippen molar-refractivity contribution in [3.63, 3.8) is 0 Å². The molecule has 4 saturated carbocycles. The molecule has 12 unspecified atom stereocenters. The highest BCUT2D eigenvalue weighted by atomic mass is 16.5. The van der Waals surface area contributed by atoms with Gasteiger partial charge in [-0.15, -0.1) is 0 Å². The minimum atomic E-state index is -0.331. The Balaban J connectivity index is 0.914. The Kier molecular flexibility index (Phi) is 16.0. The topological polar surface area (TPSA) is 60.1 Å². The first-order valence-corrected chi connectivity index (χ1v) is 28.2. The zero-order chi connectivity index (χ0) is 45.1. The summed E-state index contributed by atoms with van der Waals surface area (Å²) in [6.07, 6.45) is 42.6. The summed E-state index contributed by atoms with van der Waals surface area (Å²) in [4.78, 5) is 21.8. The fraction of sp³-hybridized carbons (Fsp3) is 0.845. The zero-order valence-electron chi connectivity index (χ0n) is 42.5. The Labute approximate surface area is 397 Å². The monoisotopic (exact) mass is 894 g/mol. The van der Waals surface area contributed by atoms with Crippen LogP contribution in [-0.4, -0.2) is 92.8 Å². The van der Waals surface area contributed by atoms with Gasteiger partial charge in [0.15, 0.2) is 0 Å². The molecule has 0 aromatic rings. The molecule has 65 heavy (non-hydrogen) atoms. The Bertz CT molecular complexity index is 1720. The van der Waals surface area contributed by atoms with Gasteiger partial charge in [0, 0.05) is 68.1 Å². The molecular weight excluding hydrogens is 799 g/mol. The van der Waals surface area contributed by atoms with Crippen LogP contribution in [0.3, 0.4) is 0 Å². The van der Waals surface area contributed by atoms with Gasteiger partial charge in [-0.3, -0.25) is 9.69 Å². The van der Waals surface area contributed by atoms with E-state index in [0.717, 1.165) is 97.7 Å². The van der Waals surface area contributed by atoms with Gasteiger partial charge in [0.05, 0.1) is 0 Å². The molecule has 8 fully saturated rings. The van der Waals surface area contributed by atoms with E-state index in [1.165, 1.54) is 148 Å². The summed E-state index contributed by atoms with van der Waals surface area (Å²) < 4.78 is 5.22. The second-order valence-corrected chi connectivity index (χ2v) is 23.9. The second-order valence-electron chi connectivity index (χ2n) is 23.9. The number of piperidine rings is 2. The third-order valence-electron chi connectivity index (χ3n) is 21.0. The molecule has 2 N–H and O–H groups in total. The number of carbonyl (C=O) groups is 1. The lowest BCUT2D eigenvalue weighted by Crippen LogP contribution is -2.40. The maximum atomic E-state index is 13.3. The van der Waals surface area contributed by atoms with E-state index >= 15 is 0 Å². The standard InChI is InChI=1S/C58H95N5O2/c1-7-40(21-22-41(42-30-35-59-36-31-42)29-34-58(3,8-2)57(64)60-39-65-6)43-32-37-63(38-33-43)56-46(25-27-50-48-17-9-13-44-15-11-19-52(54(44)48)61(50)4)23-24-47(56)26-28-51-49-18-10-14-45-16-12-20-53(55(45)49)62(51)5/h25-28,40-45,48-50,52-55,59H,7-24,29-39H2,1-6H3,(H,60,64)/b27-25+,47-26+,51-28+. The third-order valence-corrected chi connectivity index (χ3v) is 21.0. The van der Waals surface area contributed by atoms with E-state index in [0.29, 0.717) is 18.7 Å². The number of hydrogen-bond donors (Lipinski definition) is 2. The molecular formula is C58H95N5O2. The SMILES string of the molecule is CCC(CCC(CCC(C)(CC)C(=O)NCOC)C1CCNCC1)C1CCN(C2=C(/C=C/C3C4CCCC5CCCC(C54)N3C)CC/C2=C\C=C2/C3CCCC4CCCC(C43)N2C)CC1. The van der Waals surface area contributed by atoms with Gasteiger partial charge >= 0.3 is 0 Å². The van der Waals surface area contributed by atoms with Crippen LogP contribution in [0.4, 0.5) is 0 Å². The summed E-state index contributed by atoms with van der Waals surface area (Å²) in [5.74, 6) is 8.67. The van der Waals surface area contributed by atoms with Gasteiger partial charge in [-0.25, -0.2) is 0 Å². The number of likely N-dealkylation sites (tertiary alicyclic amines) is 3. The van der Waals surface area contributed by atoms with Crippen molar-refractivity contribution in [3.05, 3.63) is 46.8 Å². The number of rotatable bonds is 17. The lowest BCUT2D eigenvalue weighted by molar-refractivity contribution is -0.132. The van der Waals surface area contributed by atoms with Gasteiger partial charge < -0.3 is 25.2 Å². The molecule has 9 rings (SSSR count). The van der Waals surface area contributed by atoms with Crippen LogP contribution in [0.5, 0.6) is 0 Å². The quantitative estimate of drug-likeness (QED) is 0.142. The predicted octanol–water partition coefficient (Wildman–Crippen LogP) is 11.9. The molecule has 0 aromatic heterocycles. The molecule has 12 atom stereocenters. The summed E-state index contributed by atoms with van der Waals surface area (Å²) in [7, 11) is 6.60. The number of amides is 1. The number of nitrogens with zero attached hydrogens (tertiary/aromatic N) is 3. The van der Waals surface area contributed by atoms with Crippen LogP contribution < -0.4 is 10.6 Å². The summed E-state index contributed by atoms with van der Waals surface area (Å²) >= 11 is 0. The maximum absolute atomic E-state index is 13.3. The van der Waals surface area contributed by atoms with Crippen LogP contribution in [0, 0.1) is 64.6 Å². The lowest BCUT2D eigenvalue weighted by atomic mass is 9.64. The van der Waals surface area contributed by atoms with E-state index in [1.807, 2.05) is 0 Å². The van der Waals surface area contributed by atoms with Crippen LogP contribution in [0.15, 0.2) is 46.8 Å². The van der Waals surface area contributed by atoms with Crippen LogP contribution in [0.25, 0.3) is 0 Å². The Morgan fingerprint density at radius 2 is 1.48 bits per heavy atom. The van der Waals surface area contributed by atoms with E-state index in [1.54, 1.807) is 29.7 Å². The molecule has 7 heteroatoms. The number of methoxy groups -OCH3 is 1. The first-order valence-electron chi connectivity index (χ1n) is 28.2. The molecule has 4 aliphatic heterocycles. The summed E-state index contributed by atoms with van der Waals surface area (Å²) in [5.41, 5.74) is 6.24. The van der Waals surface area contributed by atoms with Gasteiger partial charge in [0.1, 0.15) is 6.73 Å². The van der Waals surface area contributed by atoms with Gasteiger partial charge in [-0.05, 0) is 187 Å². The van der Waals surface area contributed by atoms with Gasteiger partial charge in [-0.2, -0.15) is 0 Å². The van der Waals surface area contributed by atoms with E-state index < -0.39 is 0 Å². The van der Waals surface area contributed by atoms with E-state index in [4.69, 9.17) is 4.74 Å². The predicted molar refractivity (Wildman–Crippen MR) is 269 cm³/mol. The maximum Gasteiger partial charge on any atom is 0.227 e. The molecule has 4 saturated heterocycles. The first kappa shape index (κ1) is 48.0. The Hall–Kier alpha value is -2.09. The molecule has 1 amide bonds. The fourth-order valence-corrected chi connectivity index (χ4v) is 17.1.